The second-order valence-electron chi connectivity index (χ2n) is 6.81. The minimum Gasteiger partial charge on any atom is -0.392 e. The van der Waals surface area contributed by atoms with Crippen molar-refractivity contribution in [1.29, 1.82) is 0 Å². The minimum atomic E-state index is -4.44. The Bertz CT molecular complexity index is 566. The number of anilines is 1. The first-order valence-electron chi connectivity index (χ1n) is 7.96. The monoisotopic (exact) mass is 329 g/mol. The third kappa shape index (κ3) is 3.30. The van der Waals surface area contributed by atoms with Crippen LogP contribution in [0, 0.1) is 5.41 Å². The lowest BCUT2D eigenvalue weighted by molar-refractivity contribution is -0.141. The number of aliphatic hydroxyl groups is 1. The van der Waals surface area contributed by atoms with Crippen LogP contribution < -0.4 is 4.90 Å². The van der Waals surface area contributed by atoms with Gasteiger partial charge in [-0.2, -0.15) is 13.2 Å². The van der Waals surface area contributed by atoms with Crippen LogP contribution in [0.5, 0.6) is 0 Å². The summed E-state index contributed by atoms with van der Waals surface area (Å²) in [6.45, 7) is 2.84. The highest BCUT2D eigenvalue weighted by atomic mass is 19.4. The van der Waals surface area contributed by atoms with E-state index in [1.807, 2.05) is 11.9 Å². The zero-order chi connectivity index (χ0) is 16.7. The second kappa shape index (κ2) is 5.94. The van der Waals surface area contributed by atoms with Crippen molar-refractivity contribution in [3.63, 3.8) is 0 Å². The summed E-state index contributed by atoms with van der Waals surface area (Å²) in [7, 11) is 2.02. The topological polar surface area (TPSA) is 39.6 Å². The third-order valence-electron chi connectivity index (χ3n) is 5.03. The number of halogens is 3. The molecule has 2 aliphatic rings. The zero-order valence-corrected chi connectivity index (χ0v) is 13.2. The van der Waals surface area contributed by atoms with E-state index in [0.717, 1.165) is 32.0 Å². The zero-order valence-electron chi connectivity index (χ0n) is 13.2. The van der Waals surface area contributed by atoms with Crippen molar-refractivity contribution in [3.05, 3.63) is 23.9 Å². The molecule has 128 valence electrons. The van der Waals surface area contributed by atoms with Crippen LogP contribution in [0.2, 0.25) is 0 Å². The molecule has 2 saturated heterocycles. The number of aliphatic hydroxyl groups excluding tert-OH is 1. The van der Waals surface area contributed by atoms with Crippen LogP contribution in [0.1, 0.15) is 25.0 Å². The van der Waals surface area contributed by atoms with Crippen LogP contribution in [-0.4, -0.2) is 54.3 Å². The number of alkyl halides is 3. The number of piperidine rings is 2. The maximum atomic E-state index is 12.9. The molecule has 2 atom stereocenters. The van der Waals surface area contributed by atoms with E-state index in [2.05, 4.69) is 9.88 Å². The van der Waals surface area contributed by atoms with Crippen molar-refractivity contribution in [2.24, 2.45) is 5.41 Å². The first kappa shape index (κ1) is 16.5. The molecular weight excluding hydrogens is 307 g/mol. The van der Waals surface area contributed by atoms with Crippen LogP contribution in [0.15, 0.2) is 18.2 Å². The SMILES string of the molecule is CN1CC[C@H](O)[C@@]2(CCCN(c3cccc(C(F)(F)F)n3)C2)C1. The van der Waals surface area contributed by atoms with Gasteiger partial charge in [-0.25, -0.2) is 4.98 Å². The van der Waals surface area contributed by atoms with Gasteiger partial charge in [0.05, 0.1) is 6.10 Å². The van der Waals surface area contributed by atoms with Crippen LogP contribution in [-0.2, 0) is 6.18 Å². The molecule has 2 fully saturated rings. The van der Waals surface area contributed by atoms with E-state index < -0.39 is 18.0 Å². The lowest BCUT2D eigenvalue weighted by Crippen LogP contribution is -2.58. The van der Waals surface area contributed by atoms with Gasteiger partial charge in [0.1, 0.15) is 11.5 Å². The van der Waals surface area contributed by atoms with E-state index in [-0.39, 0.29) is 5.41 Å². The predicted molar refractivity (Wildman–Crippen MR) is 81.2 cm³/mol. The Morgan fingerprint density at radius 1 is 1.26 bits per heavy atom. The number of aromatic nitrogens is 1. The van der Waals surface area contributed by atoms with E-state index in [1.165, 1.54) is 6.07 Å². The van der Waals surface area contributed by atoms with E-state index in [4.69, 9.17) is 0 Å². The molecule has 0 bridgehead atoms. The fraction of sp³-hybridized carbons (Fsp3) is 0.688. The van der Waals surface area contributed by atoms with Crippen molar-refractivity contribution in [2.75, 3.05) is 38.1 Å². The summed E-state index contributed by atoms with van der Waals surface area (Å²) in [4.78, 5) is 7.88. The lowest BCUT2D eigenvalue weighted by Gasteiger charge is -2.50. The lowest BCUT2D eigenvalue weighted by atomic mass is 9.71. The molecule has 0 aromatic carbocycles. The van der Waals surface area contributed by atoms with Gasteiger partial charge in [0.15, 0.2) is 0 Å². The van der Waals surface area contributed by atoms with Gasteiger partial charge in [-0.05, 0) is 38.4 Å². The number of likely N-dealkylation sites (tertiary alicyclic amines) is 1. The molecule has 1 aromatic heterocycles. The van der Waals surface area contributed by atoms with Gasteiger partial charge in [-0.1, -0.05) is 6.07 Å². The summed E-state index contributed by atoms with van der Waals surface area (Å²) in [5, 5.41) is 10.5. The largest absolute Gasteiger partial charge is 0.433 e. The molecule has 7 heteroatoms. The number of pyridine rings is 1. The quantitative estimate of drug-likeness (QED) is 0.859. The van der Waals surface area contributed by atoms with Crippen LogP contribution >= 0.6 is 0 Å². The van der Waals surface area contributed by atoms with Gasteiger partial charge >= 0.3 is 6.18 Å². The normalized spacial score (nSPS) is 30.0. The smallest absolute Gasteiger partial charge is 0.392 e. The van der Waals surface area contributed by atoms with Crippen molar-refractivity contribution in [2.45, 2.75) is 31.5 Å². The summed E-state index contributed by atoms with van der Waals surface area (Å²) < 4.78 is 38.6. The van der Waals surface area contributed by atoms with Gasteiger partial charge in [-0.15, -0.1) is 0 Å². The molecular formula is C16H22F3N3O. The highest BCUT2D eigenvalue weighted by molar-refractivity contribution is 5.41. The fourth-order valence-corrected chi connectivity index (χ4v) is 3.88. The molecule has 0 aliphatic carbocycles. The van der Waals surface area contributed by atoms with Crippen molar-refractivity contribution >= 4 is 5.82 Å². The van der Waals surface area contributed by atoms with E-state index in [1.54, 1.807) is 6.07 Å². The van der Waals surface area contributed by atoms with Crippen LogP contribution in [0.4, 0.5) is 19.0 Å². The van der Waals surface area contributed by atoms with Gasteiger partial charge in [0.25, 0.3) is 0 Å². The standard InChI is InChI=1S/C16H22F3N3O/c1-21-9-6-13(23)15(10-21)7-3-8-22(11-15)14-5-2-4-12(20-14)16(17,18)19/h2,4-5,13,23H,3,6-11H2,1H3/t13-,15-/m0/s1. The number of nitrogens with zero attached hydrogens (tertiary/aromatic N) is 3. The molecule has 3 heterocycles. The minimum absolute atomic E-state index is 0.277. The average Bonchev–Trinajstić information content (AvgIpc) is 2.51. The predicted octanol–water partition coefficient (Wildman–Crippen LogP) is 2.38. The Kier molecular flexibility index (Phi) is 4.27. The summed E-state index contributed by atoms with van der Waals surface area (Å²) in [6, 6.07) is 4.01. The molecule has 4 nitrogen and oxygen atoms in total. The van der Waals surface area contributed by atoms with Gasteiger partial charge in [0.2, 0.25) is 0 Å². The van der Waals surface area contributed by atoms with Gasteiger partial charge in [0, 0.05) is 31.6 Å². The second-order valence-corrected chi connectivity index (χ2v) is 6.81. The Labute approximate surface area is 133 Å². The first-order chi connectivity index (χ1) is 10.8. The van der Waals surface area contributed by atoms with Crippen LogP contribution in [0.25, 0.3) is 0 Å². The van der Waals surface area contributed by atoms with Crippen molar-refractivity contribution in [1.82, 2.24) is 9.88 Å². The molecule has 0 amide bonds. The Balaban J connectivity index is 1.84. The molecule has 0 saturated carbocycles. The number of rotatable bonds is 1. The van der Waals surface area contributed by atoms with Crippen molar-refractivity contribution in [3.8, 4) is 0 Å². The Hall–Kier alpha value is -1.34. The molecule has 3 rings (SSSR count). The highest BCUT2D eigenvalue weighted by Gasteiger charge is 2.45. The summed E-state index contributed by atoms with van der Waals surface area (Å²) in [6.07, 6.45) is -2.39. The Morgan fingerprint density at radius 2 is 2.04 bits per heavy atom. The maximum Gasteiger partial charge on any atom is 0.433 e. The molecule has 23 heavy (non-hydrogen) atoms. The molecule has 1 aromatic rings. The first-order valence-corrected chi connectivity index (χ1v) is 7.96. The summed E-state index contributed by atoms with van der Waals surface area (Å²) >= 11 is 0. The van der Waals surface area contributed by atoms with E-state index >= 15 is 0 Å². The molecule has 1 N–H and O–H groups in total. The molecule has 0 radical (unpaired) electrons. The van der Waals surface area contributed by atoms with E-state index in [0.29, 0.717) is 25.3 Å². The Morgan fingerprint density at radius 3 is 2.78 bits per heavy atom. The van der Waals surface area contributed by atoms with Gasteiger partial charge in [-0.3, -0.25) is 0 Å². The third-order valence-corrected chi connectivity index (χ3v) is 5.03. The van der Waals surface area contributed by atoms with Gasteiger partial charge < -0.3 is 14.9 Å². The summed E-state index contributed by atoms with van der Waals surface area (Å²) in [5.41, 5.74) is -1.14. The van der Waals surface area contributed by atoms with Crippen LogP contribution in [0.3, 0.4) is 0 Å². The van der Waals surface area contributed by atoms with Crippen molar-refractivity contribution < 1.29 is 18.3 Å². The molecule has 2 aliphatic heterocycles. The highest BCUT2D eigenvalue weighted by Crippen LogP contribution is 2.40. The van der Waals surface area contributed by atoms with E-state index in [9.17, 15) is 18.3 Å². The molecule has 0 unspecified atom stereocenters. The number of hydrogen-bond acceptors (Lipinski definition) is 4. The average molecular weight is 329 g/mol. The fourth-order valence-electron chi connectivity index (χ4n) is 3.88. The maximum absolute atomic E-state index is 12.9. The number of hydrogen-bond donors (Lipinski definition) is 1. The molecule has 1 spiro atoms. The summed E-state index contributed by atoms with van der Waals surface area (Å²) in [5.74, 6) is 0.347.